The lowest BCUT2D eigenvalue weighted by molar-refractivity contribution is -0.195. The number of fused-ring (bicyclic) bond motifs is 7. The predicted molar refractivity (Wildman–Crippen MR) is 99.9 cm³/mol. The van der Waals surface area contributed by atoms with E-state index in [1.54, 1.807) is 7.11 Å². The van der Waals surface area contributed by atoms with Crippen molar-refractivity contribution in [2.24, 2.45) is 17.3 Å². The van der Waals surface area contributed by atoms with Gasteiger partial charge >= 0.3 is 0 Å². The van der Waals surface area contributed by atoms with Gasteiger partial charge in [0.15, 0.2) is 17.3 Å². The van der Waals surface area contributed by atoms with Gasteiger partial charge < -0.3 is 24.4 Å². The van der Waals surface area contributed by atoms with Crippen LogP contribution in [0.4, 0.5) is 0 Å². The van der Waals surface area contributed by atoms with Gasteiger partial charge in [0.05, 0.1) is 19.3 Å². The third-order valence-electron chi connectivity index (χ3n) is 7.83. The maximum Gasteiger partial charge on any atom is 0.163 e. The van der Waals surface area contributed by atoms with Gasteiger partial charge in [-0.05, 0) is 80.5 Å². The number of hydrogen-bond acceptors (Lipinski definition) is 5. The maximum atomic E-state index is 11.1. The van der Waals surface area contributed by atoms with E-state index in [2.05, 4.69) is 6.92 Å². The number of hydrogen-bond donors (Lipinski definition) is 2. The highest BCUT2D eigenvalue weighted by atomic mass is 16.8. The Hall–Kier alpha value is -1.30. The molecule has 0 amide bonds. The summed E-state index contributed by atoms with van der Waals surface area (Å²) in [5.41, 5.74) is 2.38. The molecule has 4 aliphatic rings. The number of phenols is 1. The van der Waals surface area contributed by atoms with E-state index < -0.39 is 11.9 Å². The molecule has 1 saturated heterocycles. The fourth-order valence-corrected chi connectivity index (χ4v) is 6.71. The van der Waals surface area contributed by atoms with Crippen molar-refractivity contribution in [2.45, 2.75) is 76.5 Å². The van der Waals surface area contributed by atoms with E-state index >= 15 is 0 Å². The molecule has 1 aliphatic heterocycles. The molecule has 0 spiro atoms. The molecule has 1 heterocycles. The first-order chi connectivity index (χ1) is 12.7. The van der Waals surface area contributed by atoms with Crippen molar-refractivity contribution in [1.29, 1.82) is 0 Å². The fourth-order valence-electron chi connectivity index (χ4n) is 6.71. The standard InChI is InChI=1S/C22H30O5/c1-21(2)26-18-17-13-6-5-11-9-15(23)16(25-4)10-14(11)12(13)7-8-22(17,3)20(24)19(18)27-21/h9-10,12-13,17-20,23-24H,5-8H2,1-4H3/t12-,13+,17+,18+,19+,20-,22-/m0/s1. The zero-order valence-corrected chi connectivity index (χ0v) is 16.6. The largest absolute Gasteiger partial charge is 0.504 e. The van der Waals surface area contributed by atoms with E-state index in [1.165, 1.54) is 11.1 Å². The summed E-state index contributed by atoms with van der Waals surface area (Å²) in [6.07, 6.45) is 3.24. The number of methoxy groups -OCH3 is 1. The molecule has 7 atom stereocenters. The topological polar surface area (TPSA) is 68.2 Å². The van der Waals surface area contributed by atoms with E-state index in [0.717, 1.165) is 25.7 Å². The van der Waals surface area contributed by atoms with Crippen LogP contribution < -0.4 is 4.74 Å². The summed E-state index contributed by atoms with van der Waals surface area (Å²) in [5, 5.41) is 21.3. The van der Waals surface area contributed by atoms with Crippen molar-refractivity contribution in [1.82, 2.24) is 0 Å². The summed E-state index contributed by atoms with van der Waals surface area (Å²) in [7, 11) is 1.60. The molecule has 3 aliphatic carbocycles. The Labute approximate surface area is 160 Å². The predicted octanol–water partition coefficient (Wildman–Crippen LogP) is 3.36. The molecule has 0 unspecified atom stereocenters. The summed E-state index contributed by atoms with van der Waals surface area (Å²) >= 11 is 0. The second-order valence-electron chi connectivity index (χ2n) is 9.61. The molecule has 0 radical (unpaired) electrons. The number of phenolic OH excluding ortho intramolecular Hbond substituents is 1. The van der Waals surface area contributed by atoms with Crippen LogP contribution in [0.2, 0.25) is 0 Å². The lowest BCUT2D eigenvalue weighted by Crippen LogP contribution is -2.48. The molecule has 1 aromatic carbocycles. The van der Waals surface area contributed by atoms with E-state index in [4.69, 9.17) is 14.2 Å². The smallest absolute Gasteiger partial charge is 0.163 e. The molecule has 1 aromatic rings. The Kier molecular flexibility index (Phi) is 3.70. The van der Waals surface area contributed by atoms with Crippen LogP contribution in [-0.2, 0) is 15.9 Å². The van der Waals surface area contributed by atoms with Crippen LogP contribution in [-0.4, -0.2) is 41.4 Å². The lowest BCUT2D eigenvalue weighted by atomic mass is 9.55. The van der Waals surface area contributed by atoms with Gasteiger partial charge in [-0.25, -0.2) is 0 Å². The average molecular weight is 374 g/mol. The first-order valence-corrected chi connectivity index (χ1v) is 10.2. The second kappa shape index (κ2) is 5.62. The van der Waals surface area contributed by atoms with E-state index in [-0.39, 0.29) is 29.3 Å². The Balaban J connectivity index is 1.55. The third-order valence-corrected chi connectivity index (χ3v) is 7.83. The van der Waals surface area contributed by atoms with Gasteiger partial charge in [-0.3, -0.25) is 0 Å². The van der Waals surface area contributed by atoms with Crippen molar-refractivity contribution in [2.75, 3.05) is 7.11 Å². The highest BCUT2D eigenvalue weighted by molar-refractivity contribution is 5.49. The molecule has 0 aromatic heterocycles. The zero-order valence-electron chi connectivity index (χ0n) is 16.6. The Morgan fingerprint density at radius 3 is 2.59 bits per heavy atom. The molecule has 5 heteroatoms. The van der Waals surface area contributed by atoms with Gasteiger partial charge in [0.2, 0.25) is 0 Å². The molecule has 5 rings (SSSR count). The van der Waals surface area contributed by atoms with Crippen molar-refractivity contribution in [3.8, 4) is 11.5 Å². The van der Waals surface area contributed by atoms with Crippen LogP contribution in [0.3, 0.4) is 0 Å². The first-order valence-electron chi connectivity index (χ1n) is 10.2. The number of rotatable bonds is 1. The van der Waals surface area contributed by atoms with Crippen molar-refractivity contribution >= 4 is 0 Å². The summed E-state index contributed by atoms with van der Waals surface area (Å²) in [6.45, 7) is 6.11. The van der Waals surface area contributed by atoms with Gasteiger partial charge in [-0.2, -0.15) is 0 Å². The molecule has 27 heavy (non-hydrogen) atoms. The van der Waals surface area contributed by atoms with E-state index in [1.807, 2.05) is 26.0 Å². The minimum absolute atomic E-state index is 0.0478. The highest BCUT2D eigenvalue weighted by Gasteiger charge is 2.67. The number of aromatic hydroxyl groups is 1. The van der Waals surface area contributed by atoms with Crippen LogP contribution in [0.25, 0.3) is 0 Å². The summed E-state index contributed by atoms with van der Waals surface area (Å²) < 4.78 is 17.8. The molecule has 0 bridgehead atoms. The number of aliphatic hydroxyl groups excluding tert-OH is 1. The van der Waals surface area contributed by atoms with Gasteiger partial charge in [0, 0.05) is 5.41 Å². The highest BCUT2D eigenvalue weighted by Crippen LogP contribution is 2.64. The van der Waals surface area contributed by atoms with Crippen LogP contribution in [0, 0.1) is 17.3 Å². The summed E-state index contributed by atoms with van der Waals surface area (Å²) in [5.74, 6) is 1.29. The number of aliphatic hydroxyl groups is 1. The molecule has 5 nitrogen and oxygen atoms in total. The van der Waals surface area contributed by atoms with Crippen LogP contribution >= 0.6 is 0 Å². The van der Waals surface area contributed by atoms with Gasteiger partial charge in [-0.15, -0.1) is 0 Å². The van der Waals surface area contributed by atoms with E-state index in [9.17, 15) is 10.2 Å². The minimum atomic E-state index is -0.633. The summed E-state index contributed by atoms with van der Waals surface area (Å²) in [6, 6.07) is 3.91. The first kappa shape index (κ1) is 17.8. The minimum Gasteiger partial charge on any atom is -0.504 e. The Morgan fingerprint density at radius 1 is 1.11 bits per heavy atom. The van der Waals surface area contributed by atoms with Crippen molar-refractivity contribution < 1.29 is 24.4 Å². The van der Waals surface area contributed by atoms with Crippen LogP contribution in [0.1, 0.15) is 57.1 Å². The second-order valence-corrected chi connectivity index (χ2v) is 9.61. The monoisotopic (exact) mass is 374 g/mol. The van der Waals surface area contributed by atoms with Gasteiger partial charge in [0.25, 0.3) is 0 Å². The summed E-state index contributed by atoms with van der Waals surface area (Å²) in [4.78, 5) is 0. The molecule has 148 valence electrons. The molecule has 2 saturated carbocycles. The maximum absolute atomic E-state index is 11.1. The Morgan fingerprint density at radius 2 is 1.85 bits per heavy atom. The normalized spacial score (nSPS) is 44.2. The van der Waals surface area contributed by atoms with Crippen molar-refractivity contribution in [3.63, 3.8) is 0 Å². The molecule has 3 fully saturated rings. The van der Waals surface area contributed by atoms with Crippen LogP contribution in [0.5, 0.6) is 11.5 Å². The third kappa shape index (κ3) is 2.34. The number of aryl methyl sites for hydroxylation is 1. The molecule has 2 N–H and O–H groups in total. The van der Waals surface area contributed by atoms with Gasteiger partial charge in [-0.1, -0.05) is 6.92 Å². The van der Waals surface area contributed by atoms with Gasteiger partial charge in [0.1, 0.15) is 6.10 Å². The average Bonchev–Trinajstić information content (AvgIpc) is 3.03. The molecular weight excluding hydrogens is 344 g/mol. The van der Waals surface area contributed by atoms with Crippen LogP contribution in [0.15, 0.2) is 12.1 Å². The molecular formula is C22H30O5. The Bertz CT molecular complexity index is 774. The number of benzene rings is 1. The lowest BCUT2D eigenvalue weighted by Gasteiger charge is -2.51. The quantitative estimate of drug-likeness (QED) is 0.789. The van der Waals surface area contributed by atoms with E-state index in [0.29, 0.717) is 17.6 Å². The van der Waals surface area contributed by atoms with Crippen molar-refractivity contribution in [3.05, 3.63) is 23.3 Å². The zero-order chi connectivity index (χ0) is 19.1. The SMILES string of the molecule is COc1cc2c(cc1O)CC[C@H]1[C@@H]3[C@H]4OC(C)(C)O[C@H]4[C@H](O)[C@@]3(C)CC[C@H]21. The number of ether oxygens (including phenoxy) is 3. The fraction of sp³-hybridized carbons (Fsp3) is 0.727.